The average molecular weight is 570 g/mol. The molecule has 202 valence electrons. The van der Waals surface area contributed by atoms with Gasteiger partial charge in [-0.05, 0) is 37.2 Å². The Morgan fingerprint density at radius 1 is 1.37 bits per heavy atom. The van der Waals surface area contributed by atoms with Crippen LogP contribution >= 0.6 is 11.8 Å². The number of rotatable bonds is 6. The van der Waals surface area contributed by atoms with Gasteiger partial charge in [-0.3, -0.25) is 9.39 Å². The number of nitrogens with zero attached hydrogens (tertiary/aromatic N) is 4. The highest BCUT2D eigenvalue weighted by Gasteiger charge is 2.33. The highest BCUT2D eigenvalue weighted by Crippen LogP contribution is 2.40. The van der Waals surface area contributed by atoms with E-state index in [0.717, 1.165) is 0 Å². The van der Waals surface area contributed by atoms with E-state index in [-0.39, 0.29) is 51.8 Å². The second kappa shape index (κ2) is 11.7. The maximum absolute atomic E-state index is 14.5. The summed E-state index contributed by atoms with van der Waals surface area (Å²) in [6.45, 7) is 0.843. The number of imidazole rings is 1. The van der Waals surface area contributed by atoms with E-state index in [2.05, 4.69) is 27.1 Å². The number of anilines is 1. The molecule has 1 fully saturated rings. The number of hydrogen-bond donors (Lipinski definition) is 2. The van der Waals surface area contributed by atoms with E-state index in [4.69, 9.17) is 4.74 Å². The summed E-state index contributed by atoms with van der Waals surface area (Å²) >= 11 is -2.52. The molecule has 2 aromatic heterocycles. The molecule has 0 amide bonds. The first-order chi connectivity index (χ1) is 18.1. The third-order valence-corrected chi connectivity index (χ3v) is 7.07. The molecule has 0 spiro atoms. The first-order valence-corrected chi connectivity index (χ1v) is 13.2. The number of aromatic nitrogens is 2. The average Bonchev–Trinajstić information content (AvgIpc) is 3.20. The lowest BCUT2D eigenvalue weighted by atomic mass is 10.1. The van der Waals surface area contributed by atoms with Gasteiger partial charge in [0, 0.05) is 43.5 Å². The fourth-order valence-electron chi connectivity index (χ4n) is 3.81. The summed E-state index contributed by atoms with van der Waals surface area (Å²) in [5.41, 5.74) is -3.48. The molecule has 1 aromatic carbocycles. The van der Waals surface area contributed by atoms with Crippen LogP contribution in [0.5, 0.6) is 5.75 Å². The van der Waals surface area contributed by atoms with Gasteiger partial charge >= 0.3 is 5.51 Å². The molecular weight excluding hydrogens is 546 g/mol. The smallest absolute Gasteiger partial charge is 0.447 e. The van der Waals surface area contributed by atoms with Crippen molar-refractivity contribution in [3.8, 4) is 17.6 Å². The van der Waals surface area contributed by atoms with Gasteiger partial charge < -0.3 is 19.5 Å². The third kappa shape index (κ3) is 6.65. The van der Waals surface area contributed by atoms with Gasteiger partial charge in [0.15, 0.2) is 22.9 Å². The molecule has 2 N–H and O–H groups in total. The lowest BCUT2D eigenvalue weighted by Gasteiger charge is -2.26. The summed E-state index contributed by atoms with van der Waals surface area (Å²) < 4.78 is 81.7. The third-order valence-electron chi connectivity index (χ3n) is 5.59. The standard InChI is InChI=1S/C24H23F4N5O3S2/c1-32-12-9-17(16(25)14-32)30-19-6-4-11-33-22(19)31-20(23(33)37-24(26,27)28)5-3-10-29-18-8-7-15(38(34)35)13-21(18)36-2/h4,6-8,11,13,16,29H,9-10,12,14H2,1-2H3,(H,34,35)/t16-/m0/s1. The topological polar surface area (TPSA) is 91.5 Å². The van der Waals surface area contributed by atoms with Crippen LogP contribution in [0.1, 0.15) is 12.1 Å². The van der Waals surface area contributed by atoms with E-state index < -0.39 is 22.8 Å². The summed E-state index contributed by atoms with van der Waals surface area (Å²) in [6.07, 6.45) is 0.560. The van der Waals surface area contributed by atoms with Crippen molar-refractivity contribution in [3.63, 3.8) is 0 Å². The van der Waals surface area contributed by atoms with Crippen LogP contribution in [0.25, 0.3) is 5.65 Å². The van der Waals surface area contributed by atoms with E-state index in [1.165, 1.54) is 42.0 Å². The molecule has 14 heteroatoms. The van der Waals surface area contributed by atoms with Crippen LogP contribution in [0.15, 0.2) is 51.4 Å². The van der Waals surface area contributed by atoms with Crippen molar-refractivity contribution in [1.29, 1.82) is 0 Å². The minimum Gasteiger partial charge on any atom is -0.495 e. The molecular formula is C24H23F4N5O3S2. The van der Waals surface area contributed by atoms with Crippen molar-refractivity contribution in [1.82, 2.24) is 14.3 Å². The van der Waals surface area contributed by atoms with Gasteiger partial charge in [-0.1, -0.05) is 5.92 Å². The summed E-state index contributed by atoms with van der Waals surface area (Å²) in [5.74, 6) is 5.74. The molecule has 1 aliphatic rings. The van der Waals surface area contributed by atoms with Gasteiger partial charge in [-0.25, -0.2) is 13.6 Å². The Bertz CT molecular complexity index is 1450. The number of fused-ring (bicyclic) bond motifs is 1. The molecule has 0 bridgehead atoms. The second-order valence-electron chi connectivity index (χ2n) is 8.25. The zero-order chi connectivity index (χ0) is 27.4. The SMILES string of the molecule is COc1cc(S(=O)O)ccc1NCC#Cc1nc2c(N=C3CCN(C)C[C@@H]3F)cccn2c1SC(F)(F)F. The highest BCUT2D eigenvalue weighted by atomic mass is 32.2. The largest absolute Gasteiger partial charge is 0.495 e. The Balaban J connectivity index is 1.65. The Morgan fingerprint density at radius 3 is 2.84 bits per heavy atom. The summed E-state index contributed by atoms with van der Waals surface area (Å²) in [5, 5.41) is 2.74. The molecule has 0 radical (unpaired) electrons. The number of aliphatic imine (C=N–C) groups is 1. The van der Waals surface area contributed by atoms with Gasteiger partial charge in [-0.2, -0.15) is 13.2 Å². The van der Waals surface area contributed by atoms with Crippen molar-refractivity contribution >= 4 is 45.6 Å². The van der Waals surface area contributed by atoms with Gasteiger partial charge in [0.1, 0.15) is 22.2 Å². The minimum absolute atomic E-state index is 0.0219. The Kier molecular flexibility index (Phi) is 8.61. The number of benzene rings is 1. The van der Waals surface area contributed by atoms with Crippen LogP contribution in [-0.2, 0) is 11.1 Å². The second-order valence-corrected chi connectivity index (χ2v) is 10.3. The zero-order valence-corrected chi connectivity index (χ0v) is 21.9. The first kappa shape index (κ1) is 27.9. The zero-order valence-electron chi connectivity index (χ0n) is 20.3. The summed E-state index contributed by atoms with van der Waals surface area (Å²) in [4.78, 5) is 10.7. The number of likely N-dealkylation sites (tertiary alicyclic amines) is 1. The molecule has 1 saturated heterocycles. The van der Waals surface area contributed by atoms with Crippen LogP contribution in [0.3, 0.4) is 0 Å². The van der Waals surface area contributed by atoms with Crippen molar-refractivity contribution < 1.29 is 31.1 Å². The molecule has 1 unspecified atom stereocenters. The number of hydrogen-bond acceptors (Lipinski definition) is 7. The van der Waals surface area contributed by atoms with Gasteiger partial charge in [0.2, 0.25) is 0 Å². The first-order valence-electron chi connectivity index (χ1n) is 11.2. The number of methoxy groups -OCH3 is 1. The van der Waals surface area contributed by atoms with Crippen LogP contribution in [0.4, 0.5) is 28.9 Å². The van der Waals surface area contributed by atoms with Crippen molar-refractivity contribution in [3.05, 3.63) is 42.2 Å². The number of ether oxygens (including phenoxy) is 1. The van der Waals surface area contributed by atoms with E-state index in [1.54, 1.807) is 6.07 Å². The van der Waals surface area contributed by atoms with Gasteiger partial charge in [0.05, 0.1) is 29.9 Å². The van der Waals surface area contributed by atoms with Crippen LogP contribution in [0.2, 0.25) is 0 Å². The number of thioether (sulfide) groups is 1. The maximum atomic E-state index is 14.5. The monoisotopic (exact) mass is 569 g/mol. The Hall–Kier alpha value is -3.12. The molecule has 3 aromatic rings. The molecule has 38 heavy (non-hydrogen) atoms. The van der Waals surface area contributed by atoms with Crippen molar-refractivity contribution in [2.45, 2.75) is 28.0 Å². The number of pyridine rings is 1. The summed E-state index contributed by atoms with van der Waals surface area (Å²) in [7, 11) is 3.20. The van der Waals surface area contributed by atoms with E-state index in [0.29, 0.717) is 30.1 Å². The quantitative estimate of drug-likeness (QED) is 0.192. The van der Waals surface area contributed by atoms with E-state index in [1.807, 2.05) is 11.9 Å². The van der Waals surface area contributed by atoms with Crippen molar-refractivity contribution in [2.24, 2.45) is 4.99 Å². The van der Waals surface area contributed by atoms with E-state index in [9.17, 15) is 26.3 Å². The molecule has 4 rings (SSSR count). The molecule has 2 atom stereocenters. The number of nitrogens with one attached hydrogen (secondary N) is 1. The van der Waals surface area contributed by atoms with Gasteiger partial charge in [0.25, 0.3) is 0 Å². The lowest BCUT2D eigenvalue weighted by Crippen LogP contribution is -2.39. The normalized spacial score (nSPS) is 18.3. The maximum Gasteiger partial charge on any atom is 0.447 e. The molecule has 0 aliphatic carbocycles. The fraction of sp³-hybridized carbons (Fsp3) is 0.333. The van der Waals surface area contributed by atoms with Crippen LogP contribution < -0.4 is 10.1 Å². The fourth-order valence-corrected chi connectivity index (χ4v) is 4.86. The highest BCUT2D eigenvalue weighted by molar-refractivity contribution is 8.00. The Labute approximate surface area is 222 Å². The number of alkyl halides is 4. The van der Waals surface area contributed by atoms with Crippen LogP contribution in [0, 0.1) is 11.8 Å². The molecule has 8 nitrogen and oxygen atoms in total. The Morgan fingerprint density at radius 2 is 2.16 bits per heavy atom. The van der Waals surface area contributed by atoms with E-state index >= 15 is 0 Å². The molecule has 1 aliphatic heterocycles. The van der Waals surface area contributed by atoms with Crippen LogP contribution in [-0.4, -0.2) is 74.2 Å². The number of halogens is 4. The number of piperidine rings is 1. The predicted molar refractivity (Wildman–Crippen MR) is 139 cm³/mol. The van der Waals surface area contributed by atoms with Crippen molar-refractivity contribution in [2.75, 3.05) is 39.1 Å². The predicted octanol–water partition coefficient (Wildman–Crippen LogP) is 4.75. The van der Waals surface area contributed by atoms with Gasteiger partial charge in [-0.15, -0.1) is 0 Å². The lowest BCUT2D eigenvalue weighted by molar-refractivity contribution is -0.0329. The molecule has 3 heterocycles. The minimum atomic E-state index is -4.59. The molecule has 0 saturated carbocycles. The summed E-state index contributed by atoms with van der Waals surface area (Å²) in [6, 6.07) is 7.47.